The van der Waals surface area contributed by atoms with Gasteiger partial charge in [-0.3, -0.25) is 9.36 Å². The number of hydrogen-bond acceptors (Lipinski definition) is 6. The molecule has 0 radical (unpaired) electrons. The molecule has 9 nitrogen and oxygen atoms in total. The second-order valence-electron chi connectivity index (χ2n) is 7.22. The van der Waals surface area contributed by atoms with Crippen molar-refractivity contribution in [2.45, 2.75) is 53.1 Å². The molecule has 3 heterocycles. The number of rotatable bonds is 6. The highest BCUT2D eigenvalue weighted by Gasteiger charge is 2.30. The van der Waals surface area contributed by atoms with Crippen LogP contribution < -0.4 is 5.69 Å². The summed E-state index contributed by atoms with van der Waals surface area (Å²) in [5.74, 6) is 2.09. The van der Waals surface area contributed by atoms with Crippen molar-refractivity contribution >= 4 is 5.91 Å². The first-order valence-corrected chi connectivity index (χ1v) is 9.12. The molecule has 0 bridgehead atoms. The first kappa shape index (κ1) is 18.3. The average molecular weight is 362 g/mol. The summed E-state index contributed by atoms with van der Waals surface area (Å²) < 4.78 is 8.19. The SMILES string of the molecule is CCN(Cc1noc(CC(C)C)n1)C(=O)C1CCc2nn(C)c(=O)n2C1. The molecule has 0 aliphatic carbocycles. The van der Waals surface area contributed by atoms with Gasteiger partial charge in [0, 0.05) is 33.0 Å². The molecule has 0 saturated carbocycles. The Labute approximate surface area is 152 Å². The third-order valence-electron chi connectivity index (χ3n) is 4.67. The van der Waals surface area contributed by atoms with Crippen LogP contribution in [0.1, 0.15) is 44.7 Å². The number of nitrogens with zero attached hydrogens (tertiary/aromatic N) is 6. The Hall–Kier alpha value is -2.45. The molecule has 0 spiro atoms. The Balaban J connectivity index is 1.68. The number of aromatic nitrogens is 5. The zero-order chi connectivity index (χ0) is 18.8. The average Bonchev–Trinajstić information content (AvgIpc) is 3.15. The van der Waals surface area contributed by atoms with Crippen LogP contribution in [0.25, 0.3) is 0 Å². The summed E-state index contributed by atoms with van der Waals surface area (Å²) in [5.41, 5.74) is -0.169. The lowest BCUT2D eigenvalue weighted by atomic mass is 9.97. The lowest BCUT2D eigenvalue weighted by molar-refractivity contribution is -0.137. The van der Waals surface area contributed by atoms with Gasteiger partial charge in [0.25, 0.3) is 0 Å². The van der Waals surface area contributed by atoms with Gasteiger partial charge in [-0.15, -0.1) is 0 Å². The molecule has 3 rings (SSSR count). The third-order valence-corrected chi connectivity index (χ3v) is 4.67. The molecule has 0 aromatic carbocycles. The van der Waals surface area contributed by atoms with Crippen molar-refractivity contribution in [3.8, 4) is 0 Å². The summed E-state index contributed by atoms with van der Waals surface area (Å²) in [4.78, 5) is 31.2. The van der Waals surface area contributed by atoms with E-state index in [1.807, 2.05) is 6.92 Å². The van der Waals surface area contributed by atoms with Crippen LogP contribution in [-0.2, 0) is 37.8 Å². The minimum atomic E-state index is -0.230. The number of carbonyl (C=O) groups is 1. The maximum atomic E-state index is 12.9. The monoisotopic (exact) mass is 362 g/mol. The third kappa shape index (κ3) is 3.71. The van der Waals surface area contributed by atoms with Gasteiger partial charge in [-0.05, 0) is 19.3 Å². The first-order chi connectivity index (χ1) is 12.4. The number of carbonyl (C=O) groups excluding carboxylic acids is 1. The quantitative estimate of drug-likeness (QED) is 0.753. The Bertz CT molecular complexity index is 834. The summed E-state index contributed by atoms with van der Waals surface area (Å²) in [6.07, 6.45) is 2.05. The van der Waals surface area contributed by atoms with E-state index in [0.717, 1.165) is 12.2 Å². The molecule has 1 atom stereocenters. The van der Waals surface area contributed by atoms with E-state index in [9.17, 15) is 9.59 Å². The predicted molar refractivity (Wildman–Crippen MR) is 93.2 cm³/mol. The lowest BCUT2D eigenvalue weighted by Crippen LogP contribution is -2.41. The Morgan fingerprint density at radius 1 is 1.42 bits per heavy atom. The molecule has 1 aliphatic heterocycles. The first-order valence-electron chi connectivity index (χ1n) is 9.12. The standard InChI is InChI=1S/C17H26N6O3/c1-5-22(10-13-18-15(26-20-13)8-11(2)3)16(24)12-6-7-14-19-21(4)17(25)23(14)9-12/h11-12H,5-10H2,1-4H3. The van der Waals surface area contributed by atoms with Crippen molar-refractivity contribution in [2.75, 3.05) is 6.54 Å². The van der Waals surface area contributed by atoms with Crippen LogP contribution >= 0.6 is 0 Å². The molecule has 0 saturated heterocycles. The van der Waals surface area contributed by atoms with Crippen molar-refractivity contribution in [3.05, 3.63) is 28.0 Å². The summed E-state index contributed by atoms with van der Waals surface area (Å²) in [5, 5.41) is 8.20. The van der Waals surface area contributed by atoms with E-state index in [4.69, 9.17) is 4.52 Å². The Morgan fingerprint density at radius 3 is 2.88 bits per heavy atom. The van der Waals surface area contributed by atoms with Crippen LogP contribution in [0.15, 0.2) is 9.32 Å². The minimum absolute atomic E-state index is 0.0177. The molecule has 1 aliphatic rings. The second kappa shape index (κ2) is 7.43. The number of aryl methyl sites for hydroxylation is 2. The number of fused-ring (bicyclic) bond motifs is 1. The molecule has 26 heavy (non-hydrogen) atoms. The van der Waals surface area contributed by atoms with Gasteiger partial charge in [0.2, 0.25) is 11.8 Å². The predicted octanol–water partition coefficient (Wildman–Crippen LogP) is 0.774. The molecule has 142 valence electrons. The summed E-state index contributed by atoms with van der Waals surface area (Å²) in [7, 11) is 1.63. The van der Waals surface area contributed by atoms with Crippen LogP contribution in [0.2, 0.25) is 0 Å². The molecule has 1 unspecified atom stereocenters. The van der Waals surface area contributed by atoms with E-state index in [0.29, 0.717) is 50.1 Å². The maximum Gasteiger partial charge on any atom is 0.345 e. The smallest absolute Gasteiger partial charge is 0.339 e. The van der Waals surface area contributed by atoms with Gasteiger partial charge in [-0.1, -0.05) is 19.0 Å². The van der Waals surface area contributed by atoms with Crippen molar-refractivity contribution in [2.24, 2.45) is 18.9 Å². The fourth-order valence-electron chi connectivity index (χ4n) is 3.30. The molecule has 0 fully saturated rings. The van der Waals surface area contributed by atoms with E-state index in [1.165, 1.54) is 4.68 Å². The van der Waals surface area contributed by atoms with Gasteiger partial charge in [-0.25, -0.2) is 9.48 Å². The molecule has 2 aromatic heterocycles. The van der Waals surface area contributed by atoms with Crippen LogP contribution in [0.3, 0.4) is 0 Å². The topological polar surface area (TPSA) is 99.1 Å². The largest absolute Gasteiger partial charge is 0.345 e. The van der Waals surface area contributed by atoms with Gasteiger partial charge in [0.1, 0.15) is 5.82 Å². The van der Waals surface area contributed by atoms with Crippen molar-refractivity contribution < 1.29 is 9.32 Å². The van der Waals surface area contributed by atoms with Gasteiger partial charge in [-0.2, -0.15) is 10.1 Å². The molecule has 9 heteroatoms. The normalized spacial score (nSPS) is 16.7. The van der Waals surface area contributed by atoms with Crippen LogP contribution in [0.4, 0.5) is 0 Å². The van der Waals surface area contributed by atoms with Gasteiger partial charge >= 0.3 is 5.69 Å². The maximum absolute atomic E-state index is 12.9. The molecular weight excluding hydrogens is 336 g/mol. The summed E-state index contributed by atoms with van der Waals surface area (Å²) in [6.45, 7) is 7.35. The zero-order valence-corrected chi connectivity index (χ0v) is 15.8. The lowest BCUT2D eigenvalue weighted by Gasteiger charge is -2.27. The van der Waals surface area contributed by atoms with E-state index >= 15 is 0 Å². The van der Waals surface area contributed by atoms with Crippen molar-refractivity contribution in [1.29, 1.82) is 0 Å². The van der Waals surface area contributed by atoms with Crippen molar-refractivity contribution in [3.63, 3.8) is 0 Å². The number of hydrogen-bond donors (Lipinski definition) is 0. The minimum Gasteiger partial charge on any atom is -0.339 e. The van der Waals surface area contributed by atoms with Crippen LogP contribution in [0, 0.1) is 11.8 Å². The van der Waals surface area contributed by atoms with Gasteiger partial charge < -0.3 is 9.42 Å². The van der Waals surface area contributed by atoms with E-state index in [-0.39, 0.29) is 17.5 Å². The highest BCUT2D eigenvalue weighted by atomic mass is 16.5. The number of amides is 1. The van der Waals surface area contributed by atoms with E-state index < -0.39 is 0 Å². The van der Waals surface area contributed by atoms with E-state index in [2.05, 4.69) is 29.1 Å². The zero-order valence-electron chi connectivity index (χ0n) is 15.8. The fourth-order valence-corrected chi connectivity index (χ4v) is 3.30. The fraction of sp³-hybridized carbons (Fsp3) is 0.706. The molecular formula is C17H26N6O3. The molecule has 0 N–H and O–H groups in total. The highest BCUT2D eigenvalue weighted by Crippen LogP contribution is 2.20. The summed E-state index contributed by atoms with van der Waals surface area (Å²) >= 11 is 0. The van der Waals surface area contributed by atoms with Crippen LogP contribution in [-0.4, -0.2) is 41.8 Å². The molecule has 2 aromatic rings. The highest BCUT2D eigenvalue weighted by molar-refractivity contribution is 5.78. The van der Waals surface area contributed by atoms with E-state index in [1.54, 1.807) is 16.5 Å². The second-order valence-corrected chi connectivity index (χ2v) is 7.22. The van der Waals surface area contributed by atoms with Gasteiger partial charge in [0.05, 0.1) is 12.5 Å². The van der Waals surface area contributed by atoms with Crippen molar-refractivity contribution in [1.82, 2.24) is 29.4 Å². The van der Waals surface area contributed by atoms with Crippen LogP contribution in [0.5, 0.6) is 0 Å². The van der Waals surface area contributed by atoms with Gasteiger partial charge in [0.15, 0.2) is 5.82 Å². The molecule has 1 amide bonds. The Morgan fingerprint density at radius 2 is 2.19 bits per heavy atom. The Kier molecular flexibility index (Phi) is 5.24. The summed E-state index contributed by atoms with van der Waals surface area (Å²) in [6, 6.07) is 0.